The van der Waals surface area contributed by atoms with Crippen molar-refractivity contribution in [3.63, 3.8) is 0 Å². The molecule has 0 bridgehead atoms. The van der Waals surface area contributed by atoms with Crippen molar-refractivity contribution in [3.8, 4) is 0 Å². The summed E-state index contributed by atoms with van der Waals surface area (Å²) in [5.74, 6) is 0.495. The molecule has 0 aliphatic carbocycles. The summed E-state index contributed by atoms with van der Waals surface area (Å²) in [6.07, 6.45) is 3.32. The minimum Gasteiger partial charge on any atom is -0.338 e. The Hall–Kier alpha value is -1.56. The topological polar surface area (TPSA) is 57.7 Å². The Kier molecular flexibility index (Phi) is 4.56. The Morgan fingerprint density at radius 2 is 2.10 bits per heavy atom. The van der Waals surface area contributed by atoms with E-state index < -0.39 is 10.0 Å². The van der Waals surface area contributed by atoms with Gasteiger partial charge in [0.05, 0.1) is 11.9 Å². The van der Waals surface area contributed by atoms with Crippen LogP contribution in [0.3, 0.4) is 0 Å². The molecule has 0 spiro atoms. The molecule has 1 aliphatic heterocycles. The first-order valence-corrected chi connectivity index (χ1v) is 8.97. The lowest BCUT2D eigenvalue weighted by Crippen LogP contribution is -2.39. The monoisotopic (exact) mass is 310 g/mol. The summed E-state index contributed by atoms with van der Waals surface area (Å²) < 4.78 is 24.4. The van der Waals surface area contributed by atoms with Crippen molar-refractivity contribution in [2.24, 2.45) is 5.92 Å². The van der Waals surface area contributed by atoms with Crippen LogP contribution in [0.15, 0.2) is 24.3 Å². The maximum atomic E-state index is 12.5. The highest BCUT2D eigenvalue weighted by Gasteiger charge is 2.22. The van der Waals surface area contributed by atoms with Gasteiger partial charge in [-0.1, -0.05) is 13.0 Å². The summed E-state index contributed by atoms with van der Waals surface area (Å²) in [6.45, 7) is 3.69. The molecule has 1 heterocycles. The van der Waals surface area contributed by atoms with E-state index in [1.165, 1.54) is 11.4 Å². The van der Waals surface area contributed by atoms with Crippen LogP contribution in [0.4, 0.5) is 5.69 Å². The predicted molar refractivity (Wildman–Crippen MR) is 84.0 cm³/mol. The number of anilines is 1. The first-order valence-electron chi connectivity index (χ1n) is 7.12. The standard InChI is InChI=1S/C15H22N2O3S/c1-12-6-5-9-17(11-12)15(18)13-7-4-8-14(10-13)16(2)21(3,19)20/h4,7-8,10,12H,5-6,9,11H2,1-3H3/t12-/m1/s1. The average Bonchev–Trinajstić information content (AvgIpc) is 2.45. The minimum atomic E-state index is -3.32. The van der Waals surface area contributed by atoms with Gasteiger partial charge in [-0.2, -0.15) is 0 Å². The van der Waals surface area contributed by atoms with E-state index in [0.29, 0.717) is 17.2 Å². The maximum Gasteiger partial charge on any atom is 0.253 e. The fourth-order valence-corrected chi connectivity index (χ4v) is 3.08. The van der Waals surface area contributed by atoms with Gasteiger partial charge in [-0.05, 0) is 37.0 Å². The molecule has 0 radical (unpaired) electrons. The number of hydrogen-bond acceptors (Lipinski definition) is 3. The van der Waals surface area contributed by atoms with Crippen LogP contribution >= 0.6 is 0 Å². The maximum absolute atomic E-state index is 12.5. The highest BCUT2D eigenvalue weighted by molar-refractivity contribution is 7.92. The van der Waals surface area contributed by atoms with Crippen molar-refractivity contribution < 1.29 is 13.2 Å². The molecule has 2 rings (SSSR count). The number of nitrogens with zero attached hydrogens (tertiary/aromatic N) is 2. The van der Waals surface area contributed by atoms with Crippen LogP contribution in [-0.4, -0.2) is 45.6 Å². The fourth-order valence-electron chi connectivity index (χ4n) is 2.58. The SMILES string of the molecule is C[C@@H]1CCCN(C(=O)c2cccc(N(C)S(C)(=O)=O)c2)C1. The summed E-state index contributed by atoms with van der Waals surface area (Å²) >= 11 is 0. The van der Waals surface area contributed by atoms with Crippen molar-refractivity contribution >= 4 is 21.6 Å². The Bertz CT molecular complexity index is 628. The molecule has 0 saturated carbocycles. The second-order valence-corrected chi connectivity index (χ2v) is 7.79. The van der Waals surface area contributed by atoms with Gasteiger partial charge in [-0.3, -0.25) is 9.10 Å². The smallest absolute Gasteiger partial charge is 0.253 e. The zero-order valence-electron chi connectivity index (χ0n) is 12.7. The van der Waals surface area contributed by atoms with Crippen LogP contribution in [0, 0.1) is 5.92 Å². The van der Waals surface area contributed by atoms with Crippen LogP contribution in [0.1, 0.15) is 30.1 Å². The van der Waals surface area contributed by atoms with Crippen molar-refractivity contribution in [1.82, 2.24) is 4.90 Å². The molecule has 116 valence electrons. The Balaban J connectivity index is 2.23. The van der Waals surface area contributed by atoms with Crippen LogP contribution in [-0.2, 0) is 10.0 Å². The molecule has 5 nitrogen and oxygen atoms in total. The zero-order valence-corrected chi connectivity index (χ0v) is 13.6. The molecule has 1 amide bonds. The van der Waals surface area contributed by atoms with Gasteiger partial charge in [-0.25, -0.2) is 8.42 Å². The minimum absolute atomic E-state index is 0.0229. The van der Waals surface area contributed by atoms with Gasteiger partial charge < -0.3 is 4.90 Å². The number of carbonyl (C=O) groups excluding carboxylic acids is 1. The van der Waals surface area contributed by atoms with Crippen molar-refractivity contribution in [1.29, 1.82) is 0 Å². The van der Waals surface area contributed by atoms with Crippen LogP contribution in [0.25, 0.3) is 0 Å². The third kappa shape index (κ3) is 3.75. The molecule has 1 saturated heterocycles. The van der Waals surface area contributed by atoms with E-state index in [2.05, 4.69) is 6.92 Å². The van der Waals surface area contributed by atoms with Gasteiger partial charge in [0.25, 0.3) is 5.91 Å². The second-order valence-electron chi connectivity index (χ2n) is 5.78. The van der Waals surface area contributed by atoms with Crippen molar-refractivity contribution in [2.45, 2.75) is 19.8 Å². The first-order chi connectivity index (χ1) is 9.79. The lowest BCUT2D eigenvalue weighted by Gasteiger charge is -2.31. The number of carbonyl (C=O) groups is 1. The lowest BCUT2D eigenvalue weighted by atomic mass is 9.99. The van der Waals surface area contributed by atoms with Crippen molar-refractivity contribution in [2.75, 3.05) is 30.7 Å². The third-order valence-electron chi connectivity index (χ3n) is 3.90. The van der Waals surface area contributed by atoms with E-state index in [-0.39, 0.29) is 5.91 Å². The highest BCUT2D eigenvalue weighted by Crippen LogP contribution is 2.21. The Morgan fingerprint density at radius 3 is 2.71 bits per heavy atom. The molecule has 1 aromatic carbocycles. The quantitative estimate of drug-likeness (QED) is 0.857. The fraction of sp³-hybridized carbons (Fsp3) is 0.533. The molecule has 1 fully saturated rings. The van der Waals surface area contributed by atoms with Gasteiger partial charge in [0.15, 0.2) is 0 Å². The molecule has 0 aromatic heterocycles. The number of amides is 1. The van der Waals surface area contributed by atoms with Crippen LogP contribution < -0.4 is 4.31 Å². The predicted octanol–water partition coefficient (Wildman–Crippen LogP) is 1.95. The van der Waals surface area contributed by atoms with Crippen LogP contribution in [0.2, 0.25) is 0 Å². The number of sulfonamides is 1. The summed E-state index contributed by atoms with van der Waals surface area (Å²) in [6, 6.07) is 6.79. The molecule has 1 aliphatic rings. The molecule has 0 unspecified atom stereocenters. The number of hydrogen-bond donors (Lipinski definition) is 0. The summed E-state index contributed by atoms with van der Waals surface area (Å²) in [7, 11) is -1.84. The molecular weight excluding hydrogens is 288 g/mol. The van der Waals surface area contributed by atoms with E-state index in [1.54, 1.807) is 24.3 Å². The Labute approximate surface area is 126 Å². The summed E-state index contributed by atoms with van der Waals surface area (Å²) in [4.78, 5) is 14.4. The normalized spacial score (nSPS) is 19.4. The summed E-state index contributed by atoms with van der Waals surface area (Å²) in [5, 5.41) is 0. The van der Waals surface area contributed by atoms with Crippen LogP contribution in [0.5, 0.6) is 0 Å². The van der Waals surface area contributed by atoms with Gasteiger partial charge in [0.1, 0.15) is 0 Å². The van der Waals surface area contributed by atoms with E-state index in [0.717, 1.165) is 32.2 Å². The van der Waals surface area contributed by atoms with Gasteiger partial charge in [0.2, 0.25) is 10.0 Å². The second kappa shape index (κ2) is 6.05. The first kappa shape index (κ1) is 15.8. The van der Waals surface area contributed by atoms with E-state index in [1.807, 2.05) is 4.90 Å². The molecule has 0 N–H and O–H groups in total. The van der Waals surface area contributed by atoms with Gasteiger partial charge >= 0.3 is 0 Å². The van der Waals surface area contributed by atoms with E-state index in [9.17, 15) is 13.2 Å². The molecular formula is C15H22N2O3S. The Morgan fingerprint density at radius 1 is 1.38 bits per heavy atom. The van der Waals surface area contributed by atoms with Crippen molar-refractivity contribution in [3.05, 3.63) is 29.8 Å². The lowest BCUT2D eigenvalue weighted by molar-refractivity contribution is 0.0683. The highest BCUT2D eigenvalue weighted by atomic mass is 32.2. The largest absolute Gasteiger partial charge is 0.338 e. The molecule has 1 aromatic rings. The third-order valence-corrected chi connectivity index (χ3v) is 5.10. The number of benzene rings is 1. The van der Waals surface area contributed by atoms with E-state index in [4.69, 9.17) is 0 Å². The number of rotatable bonds is 3. The summed E-state index contributed by atoms with van der Waals surface area (Å²) in [5.41, 5.74) is 1.05. The van der Waals surface area contributed by atoms with Gasteiger partial charge in [0, 0.05) is 25.7 Å². The number of likely N-dealkylation sites (tertiary alicyclic amines) is 1. The molecule has 6 heteroatoms. The average molecular weight is 310 g/mol. The number of piperidine rings is 1. The zero-order chi connectivity index (χ0) is 15.6. The molecule has 21 heavy (non-hydrogen) atoms. The molecule has 1 atom stereocenters. The van der Waals surface area contributed by atoms with Gasteiger partial charge in [-0.15, -0.1) is 0 Å². The van der Waals surface area contributed by atoms with E-state index >= 15 is 0 Å².